The molecular formula is C14H29NaO3. The number of ether oxygens (including phenoxy) is 1. The molecule has 0 spiro atoms. The summed E-state index contributed by atoms with van der Waals surface area (Å²) in [5, 5.41) is 8.35. The van der Waals surface area contributed by atoms with Crippen LogP contribution in [0.25, 0.3) is 0 Å². The van der Waals surface area contributed by atoms with E-state index in [2.05, 4.69) is 6.92 Å². The zero-order valence-electron chi connectivity index (χ0n) is 11.2. The summed E-state index contributed by atoms with van der Waals surface area (Å²) in [6, 6.07) is 0. The summed E-state index contributed by atoms with van der Waals surface area (Å²) in [6.45, 7) is 2.67. The van der Waals surface area contributed by atoms with E-state index in [1.807, 2.05) is 0 Å². The summed E-state index contributed by atoms with van der Waals surface area (Å²) >= 11 is 0. The second-order valence-electron chi connectivity index (χ2n) is 4.63. The Morgan fingerprint density at radius 3 is 1.78 bits per heavy atom. The van der Waals surface area contributed by atoms with Gasteiger partial charge >= 0.3 is 35.5 Å². The predicted molar refractivity (Wildman–Crippen MR) is 77.4 cm³/mol. The normalized spacial score (nSPS) is 10.1. The van der Waals surface area contributed by atoms with Crippen molar-refractivity contribution in [2.45, 2.75) is 71.1 Å². The fourth-order valence-corrected chi connectivity index (χ4v) is 1.85. The molecule has 0 aliphatic heterocycles. The number of rotatable bonds is 13. The van der Waals surface area contributed by atoms with Gasteiger partial charge in [-0.25, -0.2) is 4.79 Å². The number of carboxylic acids is 1. The molecule has 0 unspecified atom stereocenters. The number of unbranched alkanes of at least 4 members (excludes halogenated alkanes) is 9. The van der Waals surface area contributed by atoms with Crippen molar-refractivity contribution in [1.29, 1.82) is 0 Å². The van der Waals surface area contributed by atoms with Gasteiger partial charge in [-0.15, -0.1) is 0 Å². The maximum absolute atomic E-state index is 10.2. The van der Waals surface area contributed by atoms with Crippen LogP contribution in [0.5, 0.6) is 0 Å². The molecule has 18 heavy (non-hydrogen) atoms. The van der Waals surface area contributed by atoms with Crippen LogP contribution in [0.4, 0.5) is 0 Å². The first-order valence-corrected chi connectivity index (χ1v) is 7.07. The first-order chi connectivity index (χ1) is 8.27. The Hall–Kier alpha value is 0.430. The van der Waals surface area contributed by atoms with Gasteiger partial charge in [-0.2, -0.15) is 0 Å². The number of aliphatic carboxylic acids is 1. The Balaban J connectivity index is 0. The molecule has 3 nitrogen and oxygen atoms in total. The Morgan fingerprint density at radius 1 is 0.889 bits per heavy atom. The molecule has 0 heterocycles. The van der Waals surface area contributed by atoms with Crippen molar-refractivity contribution in [3.8, 4) is 0 Å². The third kappa shape index (κ3) is 18.8. The van der Waals surface area contributed by atoms with Crippen molar-refractivity contribution in [3.63, 3.8) is 0 Å². The standard InChI is InChI=1S/C14H28O3.Na.H/c1-2-3-4-5-6-7-8-9-10-11-12-17-13-14(15)16;;/h2-13H2,1H3,(H,15,16);;. The van der Waals surface area contributed by atoms with Crippen LogP contribution in [-0.2, 0) is 9.53 Å². The zero-order valence-corrected chi connectivity index (χ0v) is 11.2. The van der Waals surface area contributed by atoms with E-state index in [-0.39, 0.29) is 36.2 Å². The van der Waals surface area contributed by atoms with Crippen molar-refractivity contribution < 1.29 is 14.6 Å². The van der Waals surface area contributed by atoms with Gasteiger partial charge in [0.25, 0.3) is 0 Å². The summed E-state index contributed by atoms with van der Waals surface area (Å²) in [5.41, 5.74) is 0. The predicted octanol–water partition coefficient (Wildman–Crippen LogP) is 3.36. The van der Waals surface area contributed by atoms with E-state index in [1.165, 1.54) is 51.4 Å². The number of carboxylic acid groups (broad SMARTS) is 1. The fourth-order valence-electron chi connectivity index (χ4n) is 1.85. The Kier molecular flexibility index (Phi) is 20.1. The maximum atomic E-state index is 10.2. The molecule has 0 rings (SSSR count). The van der Waals surface area contributed by atoms with Crippen LogP contribution in [-0.4, -0.2) is 53.8 Å². The molecule has 1 N–H and O–H groups in total. The quantitative estimate of drug-likeness (QED) is 0.411. The summed E-state index contributed by atoms with van der Waals surface area (Å²) in [7, 11) is 0. The molecule has 0 atom stereocenters. The van der Waals surface area contributed by atoms with Crippen LogP contribution in [0, 0.1) is 0 Å². The molecule has 0 bridgehead atoms. The van der Waals surface area contributed by atoms with Crippen LogP contribution in [0.1, 0.15) is 71.1 Å². The zero-order chi connectivity index (χ0) is 12.8. The van der Waals surface area contributed by atoms with Gasteiger partial charge in [-0.05, 0) is 6.42 Å². The Morgan fingerprint density at radius 2 is 1.33 bits per heavy atom. The van der Waals surface area contributed by atoms with Gasteiger partial charge in [-0.1, -0.05) is 64.7 Å². The summed E-state index contributed by atoms with van der Waals surface area (Å²) in [6.07, 6.45) is 12.9. The Bertz CT molecular complexity index is 174. The SMILES string of the molecule is CCCCCCCCCCCCOCC(=O)O.[NaH]. The monoisotopic (exact) mass is 268 g/mol. The molecule has 0 amide bonds. The second kappa shape index (κ2) is 17.4. The summed E-state index contributed by atoms with van der Waals surface area (Å²) in [5.74, 6) is -0.878. The van der Waals surface area contributed by atoms with Crippen LogP contribution in [0.3, 0.4) is 0 Å². The minimum atomic E-state index is -0.878. The number of hydrogen-bond donors (Lipinski definition) is 1. The molecular weight excluding hydrogens is 239 g/mol. The Labute approximate surface area is 134 Å². The first-order valence-electron chi connectivity index (χ1n) is 7.07. The summed E-state index contributed by atoms with van der Waals surface area (Å²) in [4.78, 5) is 10.2. The van der Waals surface area contributed by atoms with Crippen molar-refractivity contribution in [2.24, 2.45) is 0 Å². The van der Waals surface area contributed by atoms with Crippen molar-refractivity contribution in [2.75, 3.05) is 13.2 Å². The minimum absolute atomic E-state index is 0. The molecule has 0 aromatic carbocycles. The van der Waals surface area contributed by atoms with E-state index in [1.54, 1.807) is 0 Å². The molecule has 0 saturated carbocycles. The average Bonchev–Trinajstić information content (AvgIpc) is 2.30. The number of carbonyl (C=O) groups is 1. The topological polar surface area (TPSA) is 46.5 Å². The van der Waals surface area contributed by atoms with E-state index >= 15 is 0 Å². The molecule has 0 saturated heterocycles. The van der Waals surface area contributed by atoms with E-state index in [0.717, 1.165) is 12.8 Å². The molecule has 0 aliphatic rings. The van der Waals surface area contributed by atoms with E-state index in [4.69, 9.17) is 9.84 Å². The molecule has 0 fully saturated rings. The van der Waals surface area contributed by atoms with Gasteiger partial charge in [0.15, 0.2) is 0 Å². The van der Waals surface area contributed by atoms with E-state index < -0.39 is 5.97 Å². The molecule has 0 aromatic heterocycles. The van der Waals surface area contributed by atoms with Gasteiger partial charge in [0, 0.05) is 6.61 Å². The molecule has 0 aliphatic carbocycles. The van der Waals surface area contributed by atoms with Gasteiger partial charge in [0.1, 0.15) is 6.61 Å². The van der Waals surface area contributed by atoms with Gasteiger partial charge in [-0.3, -0.25) is 0 Å². The first kappa shape index (κ1) is 20.7. The third-order valence-electron chi connectivity index (χ3n) is 2.87. The van der Waals surface area contributed by atoms with Crippen LogP contribution in [0.15, 0.2) is 0 Å². The van der Waals surface area contributed by atoms with E-state index in [9.17, 15) is 4.79 Å². The van der Waals surface area contributed by atoms with Crippen LogP contribution >= 0.6 is 0 Å². The van der Waals surface area contributed by atoms with Crippen molar-refractivity contribution in [1.82, 2.24) is 0 Å². The second-order valence-corrected chi connectivity index (χ2v) is 4.63. The molecule has 0 aromatic rings. The van der Waals surface area contributed by atoms with Crippen LogP contribution < -0.4 is 0 Å². The van der Waals surface area contributed by atoms with Crippen LogP contribution in [0.2, 0.25) is 0 Å². The third-order valence-corrected chi connectivity index (χ3v) is 2.87. The van der Waals surface area contributed by atoms with Crippen molar-refractivity contribution >= 4 is 35.5 Å². The molecule has 104 valence electrons. The fraction of sp³-hybridized carbons (Fsp3) is 0.929. The average molecular weight is 268 g/mol. The summed E-state index contributed by atoms with van der Waals surface area (Å²) < 4.78 is 4.97. The van der Waals surface area contributed by atoms with Crippen molar-refractivity contribution in [3.05, 3.63) is 0 Å². The van der Waals surface area contributed by atoms with E-state index in [0.29, 0.717) is 6.61 Å². The molecule has 0 radical (unpaired) electrons. The number of hydrogen-bond acceptors (Lipinski definition) is 2. The van der Waals surface area contributed by atoms with Gasteiger partial charge in [0.2, 0.25) is 0 Å². The molecule has 4 heteroatoms. The van der Waals surface area contributed by atoms with Gasteiger partial charge < -0.3 is 9.84 Å². The van der Waals surface area contributed by atoms with Gasteiger partial charge in [0.05, 0.1) is 0 Å².